The van der Waals surface area contributed by atoms with E-state index in [1.807, 2.05) is 6.92 Å². The molecule has 1 rings (SSSR count). The van der Waals surface area contributed by atoms with Gasteiger partial charge in [-0.25, -0.2) is 0 Å². The molecular weight excluding hydrogens is 136 g/mol. The average molecular weight is 144 g/mol. The Morgan fingerprint density at radius 1 is 1.44 bits per heavy atom. The fourth-order valence-corrected chi connectivity index (χ4v) is 0.761. The molecule has 0 atom stereocenters. The number of hydrogen-bond acceptors (Lipinski definition) is 1. The van der Waals surface area contributed by atoms with Crippen LogP contribution in [-0.2, 0) is 0 Å². The van der Waals surface area contributed by atoms with Crippen molar-refractivity contribution < 1.29 is 16.7 Å². The van der Waals surface area contributed by atoms with Gasteiger partial charge in [0.2, 0.25) is 5.02 Å². The summed E-state index contributed by atoms with van der Waals surface area (Å²) < 4.78 is 0. The Labute approximate surface area is 58.9 Å². The quantitative estimate of drug-likeness (QED) is 0.582. The number of aryl methyl sites for hydroxylation is 1. The van der Waals surface area contributed by atoms with Crippen LogP contribution in [0.15, 0.2) is 18.2 Å². The maximum Gasteiger partial charge on any atom is 0.228 e. The van der Waals surface area contributed by atoms with Gasteiger partial charge in [-0.3, -0.25) is 0 Å². The van der Waals surface area contributed by atoms with Crippen LogP contribution in [0.1, 0.15) is 5.56 Å². The minimum absolute atomic E-state index is 0.279. The second kappa shape index (κ2) is 2.28. The molecule has 1 nitrogen and oxygen atoms in total. The van der Waals surface area contributed by atoms with Gasteiger partial charge in [0.15, 0.2) is 11.6 Å². The summed E-state index contributed by atoms with van der Waals surface area (Å²) in [7, 11) is 0. The fourth-order valence-electron chi connectivity index (χ4n) is 0.634. The normalized spacial score (nSPS) is 9.56. The molecule has 1 aromatic rings. The van der Waals surface area contributed by atoms with E-state index in [0.717, 1.165) is 10.6 Å². The topological polar surface area (TPSA) is 20.2 Å². The van der Waals surface area contributed by atoms with Crippen LogP contribution in [0.3, 0.4) is 0 Å². The predicted octanol–water partition coefficient (Wildman–Crippen LogP) is 1.40. The molecular formula is C7H8ClO+. The van der Waals surface area contributed by atoms with Crippen LogP contribution in [0.5, 0.6) is 5.75 Å². The lowest BCUT2D eigenvalue weighted by Crippen LogP contribution is -1.75. The first kappa shape index (κ1) is 6.43. The zero-order valence-electron chi connectivity index (χ0n) is 5.09. The van der Waals surface area contributed by atoms with Crippen molar-refractivity contribution in [3.8, 4) is 5.75 Å². The third-order valence-electron chi connectivity index (χ3n) is 1.16. The summed E-state index contributed by atoms with van der Waals surface area (Å²) in [4.78, 5) is 0. The first-order chi connectivity index (χ1) is 4.20. The minimum Gasteiger partial charge on any atom is -0.508 e. The van der Waals surface area contributed by atoms with Crippen molar-refractivity contribution in [1.29, 1.82) is 0 Å². The molecule has 9 heavy (non-hydrogen) atoms. The van der Waals surface area contributed by atoms with E-state index in [4.69, 9.17) is 16.7 Å². The summed E-state index contributed by atoms with van der Waals surface area (Å²) in [6.45, 7) is 1.88. The van der Waals surface area contributed by atoms with Crippen molar-refractivity contribution in [3.05, 3.63) is 28.8 Å². The lowest BCUT2D eigenvalue weighted by atomic mass is 10.2. The van der Waals surface area contributed by atoms with Gasteiger partial charge >= 0.3 is 0 Å². The van der Waals surface area contributed by atoms with E-state index in [9.17, 15) is 0 Å². The van der Waals surface area contributed by atoms with Gasteiger partial charge in [-0.05, 0) is 19.1 Å². The Morgan fingerprint density at radius 2 is 2.11 bits per heavy atom. The Balaban J connectivity index is 3.17. The van der Waals surface area contributed by atoms with Crippen LogP contribution in [0.4, 0.5) is 0 Å². The van der Waals surface area contributed by atoms with E-state index in [2.05, 4.69) is 0 Å². The number of phenolic OH excluding ortho intramolecular Hbond substituents is 1. The molecule has 0 radical (unpaired) electrons. The lowest BCUT2D eigenvalue weighted by molar-refractivity contribution is -0.289. The molecule has 0 saturated heterocycles. The number of hydrogen-bond donors (Lipinski definition) is 1. The SMILES string of the molecule is Cc1cc(O)ccc1[ClH+]. The van der Waals surface area contributed by atoms with Crippen LogP contribution in [0.2, 0.25) is 5.02 Å². The molecule has 48 valence electrons. The molecule has 2 heteroatoms. The standard InChI is InChI=1S/C7H7ClO/c1-5-4-6(9)2-3-7(5)8/h2-4,8H,1H3/p+1. The van der Waals surface area contributed by atoms with Crippen molar-refractivity contribution in [2.45, 2.75) is 6.92 Å². The molecule has 0 amide bonds. The molecule has 0 saturated carbocycles. The van der Waals surface area contributed by atoms with Crippen LogP contribution in [0, 0.1) is 18.5 Å². The number of phenols is 1. The first-order valence-electron chi connectivity index (χ1n) is 2.67. The molecule has 0 aromatic heterocycles. The van der Waals surface area contributed by atoms with Gasteiger partial charge in [-0.1, -0.05) is 0 Å². The van der Waals surface area contributed by atoms with Crippen molar-refractivity contribution in [1.82, 2.24) is 0 Å². The van der Waals surface area contributed by atoms with E-state index in [-0.39, 0.29) is 5.75 Å². The number of rotatable bonds is 0. The van der Waals surface area contributed by atoms with Crippen molar-refractivity contribution >= 4 is 0 Å². The van der Waals surface area contributed by atoms with Crippen molar-refractivity contribution in [2.24, 2.45) is 0 Å². The molecule has 1 N–H and O–H groups in total. The van der Waals surface area contributed by atoms with Crippen LogP contribution >= 0.6 is 0 Å². The Hall–Kier alpha value is -0.690. The molecule has 0 fully saturated rings. The van der Waals surface area contributed by atoms with E-state index >= 15 is 0 Å². The van der Waals surface area contributed by atoms with E-state index in [0.29, 0.717) is 0 Å². The third-order valence-corrected chi connectivity index (χ3v) is 1.62. The maximum atomic E-state index is 8.89. The highest BCUT2D eigenvalue weighted by Crippen LogP contribution is 2.15. The number of aromatic hydroxyl groups is 1. The van der Waals surface area contributed by atoms with Gasteiger partial charge in [0.05, 0.1) is 0 Å². The molecule has 0 spiro atoms. The van der Waals surface area contributed by atoms with Crippen LogP contribution < -0.4 is 0 Å². The van der Waals surface area contributed by atoms with Crippen LogP contribution in [-0.4, -0.2) is 5.11 Å². The lowest BCUT2D eigenvalue weighted by Gasteiger charge is -1.90. The van der Waals surface area contributed by atoms with Crippen molar-refractivity contribution in [2.75, 3.05) is 0 Å². The smallest absolute Gasteiger partial charge is 0.228 e. The minimum atomic E-state index is 0.279. The zero-order chi connectivity index (χ0) is 6.85. The molecule has 0 heterocycles. The summed E-state index contributed by atoms with van der Waals surface area (Å²) >= 11 is 4.90. The maximum absolute atomic E-state index is 8.89. The summed E-state index contributed by atoms with van der Waals surface area (Å²) in [5.41, 5.74) is 0.949. The molecule has 0 aliphatic heterocycles. The highest BCUT2D eigenvalue weighted by Gasteiger charge is 2.00. The summed E-state index contributed by atoms with van der Waals surface area (Å²) in [5, 5.41) is 9.69. The Kier molecular flexibility index (Phi) is 1.63. The molecule has 0 unspecified atom stereocenters. The number of halogens is 1. The van der Waals surface area contributed by atoms with Gasteiger partial charge in [-0.15, -0.1) is 0 Å². The third kappa shape index (κ3) is 1.36. The van der Waals surface area contributed by atoms with Crippen molar-refractivity contribution in [3.63, 3.8) is 0 Å². The zero-order valence-corrected chi connectivity index (χ0v) is 5.90. The number of benzene rings is 1. The Morgan fingerprint density at radius 3 is 2.56 bits per heavy atom. The second-order valence-corrected chi connectivity index (χ2v) is 2.39. The van der Waals surface area contributed by atoms with Gasteiger partial charge in [0.25, 0.3) is 0 Å². The van der Waals surface area contributed by atoms with Gasteiger partial charge < -0.3 is 5.11 Å². The molecule has 0 aliphatic rings. The summed E-state index contributed by atoms with van der Waals surface area (Å²) in [6, 6.07) is 4.97. The highest BCUT2D eigenvalue weighted by molar-refractivity contribution is 5.30. The largest absolute Gasteiger partial charge is 0.508 e. The highest BCUT2D eigenvalue weighted by atomic mass is 35.5. The van der Waals surface area contributed by atoms with E-state index < -0.39 is 0 Å². The predicted molar refractivity (Wildman–Crippen MR) is 33.4 cm³/mol. The fraction of sp³-hybridized carbons (Fsp3) is 0.143. The van der Waals surface area contributed by atoms with Gasteiger partial charge in [0.1, 0.15) is 5.75 Å². The molecule has 0 aliphatic carbocycles. The summed E-state index contributed by atoms with van der Waals surface area (Å²) in [6.07, 6.45) is 0. The first-order valence-corrected chi connectivity index (χ1v) is 3.07. The van der Waals surface area contributed by atoms with Crippen LogP contribution in [0.25, 0.3) is 0 Å². The molecule has 1 aromatic carbocycles. The van der Waals surface area contributed by atoms with E-state index in [1.165, 1.54) is 0 Å². The van der Waals surface area contributed by atoms with E-state index in [1.54, 1.807) is 18.2 Å². The Bertz CT molecular complexity index is 220. The van der Waals surface area contributed by atoms with Gasteiger partial charge in [0, 0.05) is 11.6 Å². The monoisotopic (exact) mass is 143 g/mol. The molecule has 0 bridgehead atoms. The second-order valence-electron chi connectivity index (χ2n) is 1.95. The summed E-state index contributed by atoms with van der Waals surface area (Å²) in [5.74, 6) is 0.279. The van der Waals surface area contributed by atoms with Gasteiger partial charge in [-0.2, -0.15) is 0 Å². The average Bonchev–Trinajstić information content (AvgIpc) is 1.80.